The number of benzene rings is 1. The third-order valence-corrected chi connectivity index (χ3v) is 5.63. The van der Waals surface area contributed by atoms with Crippen molar-refractivity contribution in [3.8, 4) is 0 Å². The van der Waals surface area contributed by atoms with Crippen LogP contribution < -0.4 is 5.32 Å². The molecule has 0 saturated carbocycles. The van der Waals surface area contributed by atoms with Crippen molar-refractivity contribution < 1.29 is 15.8 Å². The Balaban J connectivity index is 0.00000243. The molecule has 1 N–H and O–H groups in total. The molecule has 1 aromatic rings. The van der Waals surface area contributed by atoms with Gasteiger partial charge < -0.3 is 15.0 Å². The number of carbonyl (C=O) groups is 2. The minimum atomic E-state index is -0.533. The van der Waals surface area contributed by atoms with E-state index in [1.807, 2.05) is 17.0 Å². The number of nitrogens with zero attached hydrogens (tertiary/aromatic N) is 1. The molecule has 138 valence electrons. The summed E-state index contributed by atoms with van der Waals surface area (Å²) >= 11 is 0. The summed E-state index contributed by atoms with van der Waals surface area (Å²) in [5.41, 5.74) is 2.55. The van der Waals surface area contributed by atoms with E-state index in [1.54, 1.807) is 0 Å². The molecule has 0 aromatic heterocycles. The smallest absolute Gasteiger partial charge is 0.407 e. The van der Waals surface area contributed by atoms with E-state index in [0.717, 1.165) is 32.2 Å². The zero-order valence-corrected chi connectivity index (χ0v) is 15.3. The third kappa shape index (κ3) is 3.65. The number of hydrogen-bond donors (Lipinski definition) is 1. The number of likely N-dealkylation sites (tertiary alicyclic amines) is 1. The highest BCUT2D eigenvalue weighted by Crippen LogP contribution is 2.31. The van der Waals surface area contributed by atoms with Crippen LogP contribution in [0.15, 0.2) is 24.3 Å². The van der Waals surface area contributed by atoms with E-state index in [1.165, 1.54) is 18.2 Å². The molecule has 0 bridgehead atoms. The van der Waals surface area contributed by atoms with Crippen LogP contribution in [0, 0.1) is 11.8 Å². The Labute approximate surface area is 151 Å². The van der Waals surface area contributed by atoms with E-state index >= 15 is 0 Å². The van der Waals surface area contributed by atoms with Crippen molar-refractivity contribution in [1.29, 1.82) is 0 Å². The zero-order valence-electron chi connectivity index (χ0n) is 15.3. The standard InChI is InChI=1S/C20H28N2O3.H2/c1-13(2)17-9-6-10-22(17)19(23)18(21-20(24)25-3)16-11-14-7-4-5-8-15(14)12-16;/h4-5,7-8,13,16-18H,6,9-12H2,1-3H3,(H,21,24);1H/t17-,18-;/m0./s1. The molecular weight excluding hydrogens is 316 g/mol. The van der Waals surface area contributed by atoms with E-state index in [-0.39, 0.29) is 19.3 Å². The minimum Gasteiger partial charge on any atom is -0.453 e. The molecule has 1 saturated heterocycles. The predicted molar refractivity (Wildman–Crippen MR) is 98.4 cm³/mol. The topological polar surface area (TPSA) is 58.6 Å². The first-order chi connectivity index (χ1) is 12.0. The van der Waals surface area contributed by atoms with Gasteiger partial charge in [-0.3, -0.25) is 4.79 Å². The van der Waals surface area contributed by atoms with E-state index in [9.17, 15) is 9.59 Å². The Morgan fingerprint density at radius 3 is 2.44 bits per heavy atom. The largest absolute Gasteiger partial charge is 0.453 e. The molecular formula is C20H30N2O3. The molecule has 25 heavy (non-hydrogen) atoms. The molecule has 1 aliphatic carbocycles. The normalized spacial score (nSPS) is 21.3. The Morgan fingerprint density at radius 2 is 1.88 bits per heavy atom. The van der Waals surface area contributed by atoms with Gasteiger partial charge in [-0.2, -0.15) is 0 Å². The fraction of sp³-hybridized carbons (Fsp3) is 0.600. The fourth-order valence-corrected chi connectivity index (χ4v) is 4.33. The first kappa shape index (κ1) is 17.8. The zero-order chi connectivity index (χ0) is 18.0. The highest BCUT2D eigenvalue weighted by atomic mass is 16.5. The maximum Gasteiger partial charge on any atom is 0.407 e. The first-order valence-corrected chi connectivity index (χ1v) is 9.23. The average Bonchev–Trinajstić information content (AvgIpc) is 3.25. The Hall–Kier alpha value is -2.04. The quantitative estimate of drug-likeness (QED) is 0.912. The lowest BCUT2D eigenvalue weighted by Gasteiger charge is -2.33. The number of nitrogens with one attached hydrogen (secondary N) is 1. The summed E-state index contributed by atoms with van der Waals surface area (Å²) in [4.78, 5) is 27.2. The van der Waals surface area contributed by atoms with Crippen LogP contribution in [0.1, 0.15) is 39.2 Å². The van der Waals surface area contributed by atoms with Gasteiger partial charge in [0.2, 0.25) is 5.91 Å². The Kier molecular flexibility index (Phi) is 5.30. The van der Waals surface area contributed by atoms with E-state index in [4.69, 9.17) is 4.74 Å². The van der Waals surface area contributed by atoms with Crippen molar-refractivity contribution in [2.75, 3.05) is 13.7 Å². The van der Waals surface area contributed by atoms with Crippen molar-refractivity contribution in [1.82, 2.24) is 10.2 Å². The van der Waals surface area contributed by atoms with Crippen molar-refractivity contribution >= 4 is 12.0 Å². The number of methoxy groups -OCH3 is 1. The van der Waals surface area contributed by atoms with Crippen LogP contribution in [0.4, 0.5) is 4.79 Å². The van der Waals surface area contributed by atoms with Gasteiger partial charge in [0.05, 0.1) is 7.11 Å². The van der Waals surface area contributed by atoms with Gasteiger partial charge in [-0.1, -0.05) is 38.1 Å². The van der Waals surface area contributed by atoms with Crippen molar-refractivity contribution in [2.24, 2.45) is 11.8 Å². The number of fused-ring (bicyclic) bond motifs is 1. The van der Waals surface area contributed by atoms with Crippen molar-refractivity contribution in [3.63, 3.8) is 0 Å². The number of alkyl carbamates (subject to hydrolysis) is 1. The molecule has 2 amide bonds. The Morgan fingerprint density at radius 1 is 1.24 bits per heavy atom. The molecule has 5 nitrogen and oxygen atoms in total. The van der Waals surface area contributed by atoms with Gasteiger partial charge in [-0.15, -0.1) is 0 Å². The summed E-state index contributed by atoms with van der Waals surface area (Å²) in [5, 5.41) is 2.83. The van der Waals surface area contributed by atoms with Crippen LogP contribution in [-0.2, 0) is 22.4 Å². The monoisotopic (exact) mass is 346 g/mol. The molecule has 1 fully saturated rings. The number of amides is 2. The minimum absolute atomic E-state index is 0. The third-order valence-electron chi connectivity index (χ3n) is 5.63. The lowest BCUT2D eigenvalue weighted by molar-refractivity contribution is -0.136. The molecule has 1 heterocycles. The van der Waals surface area contributed by atoms with Gasteiger partial charge >= 0.3 is 6.09 Å². The molecule has 0 unspecified atom stereocenters. The number of rotatable bonds is 4. The maximum atomic E-state index is 13.3. The highest BCUT2D eigenvalue weighted by Gasteiger charge is 2.40. The van der Waals surface area contributed by atoms with Crippen LogP contribution in [0.2, 0.25) is 0 Å². The highest BCUT2D eigenvalue weighted by molar-refractivity contribution is 5.86. The van der Waals surface area contributed by atoms with Crippen LogP contribution in [0.3, 0.4) is 0 Å². The molecule has 1 aliphatic heterocycles. The summed E-state index contributed by atoms with van der Waals surface area (Å²) in [6, 6.07) is 8.02. The summed E-state index contributed by atoms with van der Waals surface area (Å²) in [5.74, 6) is 0.544. The molecule has 0 spiro atoms. The summed E-state index contributed by atoms with van der Waals surface area (Å²) in [6.45, 7) is 5.09. The first-order valence-electron chi connectivity index (χ1n) is 9.23. The molecule has 0 radical (unpaired) electrons. The molecule has 2 atom stereocenters. The average molecular weight is 346 g/mol. The van der Waals surface area contributed by atoms with Crippen LogP contribution >= 0.6 is 0 Å². The van der Waals surface area contributed by atoms with E-state index in [0.29, 0.717) is 5.92 Å². The van der Waals surface area contributed by atoms with Gasteiger partial charge in [0.15, 0.2) is 0 Å². The van der Waals surface area contributed by atoms with Gasteiger partial charge in [0.1, 0.15) is 6.04 Å². The molecule has 3 rings (SSSR count). The van der Waals surface area contributed by atoms with E-state index < -0.39 is 12.1 Å². The Bertz CT molecular complexity index is 625. The molecule has 1 aromatic carbocycles. The van der Waals surface area contributed by atoms with Crippen LogP contribution in [0.5, 0.6) is 0 Å². The summed E-state index contributed by atoms with van der Waals surface area (Å²) < 4.78 is 4.78. The summed E-state index contributed by atoms with van der Waals surface area (Å²) in [7, 11) is 1.34. The van der Waals surface area contributed by atoms with Crippen LogP contribution in [-0.4, -0.2) is 42.6 Å². The molecule has 2 aliphatic rings. The lowest BCUT2D eigenvalue weighted by Crippen LogP contribution is -2.54. The molecule has 5 heteroatoms. The lowest BCUT2D eigenvalue weighted by atomic mass is 9.94. The van der Waals surface area contributed by atoms with Crippen LogP contribution in [0.25, 0.3) is 0 Å². The maximum absolute atomic E-state index is 13.3. The number of ether oxygens (including phenoxy) is 1. The summed E-state index contributed by atoms with van der Waals surface area (Å²) in [6.07, 6.45) is 3.17. The second kappa shape index (κ2) is 7.46. The van der Waals surface area contributed by atoms with Crippen molar-refractivity contribution in [3.05, 3.63) is 35.4 Å². The fourth-order valence-electron chi connectivity index (χ4n) is 4.33. The second-order valence-electron chi connectivity index (χ2n) is 7.54. The number of hydrogen-bond acceptors (Lipinski definition) is 3. The van der Waals surface area contributed by atoms with Gasteiger partial charge in [-0.05, 0) is 48.6 Å². The van der Waals surface area contributed by atoms with E-state index in [2.05, 4.69) is 31.3 Å². The van der Waals surface area contributed by atoms with Crippen molar-refractivity contribution in [2.45, 2.75) is 51.6 Å². The second-order valence-corrected chi connectivity index (χ2v) is 7.54. The SMILES string of the molecule is COC(=O)N[C@H](C(=O)N1CCC[C@H]1C(C)C)C1Cc2ccccc2C1.[HH]. The van der Waals surface area contributed by atoms with Gasteiger partial charge in [0, 0.05) is 14.0 Å². The predicted octanol–water partition coefficient (Wildman–Crippen LogP) is 3.02. The van der Waals surface area contributed by atoms with Gasteiger partial charge in [-0.25, -0.2) is 4.79 Å². The van der Waals surface area contributed by atoms with Gasteiger partial charge in [0.25, 0.3) is 0 Å². The number of carbonyl (C=O) groups excluding carboxylic acids is 2.